The minimum atomic E-state index is -3.97. The maximum absolute atomic E-state index is 12.8. The molecule has 7 heteroatoms. The van der Waals surface area contributed by atoms with Gasteiger partial charge in [-0.1, -0.05) is 42.5 Å². The van der Waals surface area contributed by atoms with Crippen molar-refractivity contribution in [1.29, 1.82) is 0 Å². The summed E-state index contributed by atoms with van der Waals surface area (Å²) in [6.45, 7) is 0.0832. The third kappa shape index (κ3) is 3.79. The molecule has 26 heavy (non-hydrogen) atoms. The van der Waals surface area contributed by atoms with Gasteiger partial charge >= 0.3 is 0 Å². The van der Waals surface area contributed by atoms with Crippen molar-refractivity contribution in [2.45, 2.75) is 11.4 Å². The molecule has 0 saturated heterocycles. The Labute approximate surface area is 151 Å². The van der Waals surface area contributed by atoms with Gasteiger partial charge in [-0.2, -0.15) is 0 Å². The van der Waals surface area contributed by atoms with E-state index < -0.39 is 21.5 Å². The van der Waals surface area contributed by atoms with Crippen LogP contribution in [0.3, 0.4) is 0 Å². The van der Waals surface area contributed by atoms with Gasteiger partial charge in [0.15, 0.2) is 11.5 Å². The highest BCUT2D eigenvalue weighted by atomic mass is 32.2. The van der Waals surface area contributed by atoms with E-state index in [2.05, 4.69) is 4.72 Å². The summed E-state index contributed by atoms with van der Waals surface area (Å²) in [5.41, 5.74) is 1.46. The summed E-state index contributed by atoms with van der Waals surface area (Å²) in [5, 5.41) is 29.0. The van der Waals surface area contributed by atoms with Gasteiger partial charge in [0.05, 0.1) is 4.90 Å². The molecule has 0 spiro atoms. The maximum atomic E-state index is 12.8. The number of nitrogens with one attached hydrogen (secondary N) is 1. The van der Waals surface area contributed by atoms with Crippen molar-refractivity contribution in [3.63, 3.8) is 0 Å². The van der Waals surface area contributed by atoms with Crippen LogP contribution >= 0.6 is 0 Å². The number of benzene rings is 3. The van der Waals surface area contributed by atoms with Crippen LogP contribution in [0.25, 0.3) is 11.1 Å². The molecule has 0 aliphatic rings. The maximum Gasteiger partial charge on any atom is 0.241 e. The molecule has 3 aromatic carbocycles. The highest BCUT2D eigenvalue weighted by Crippen LogP contribution is 2.37. The van der Waals surface area contributed by atoms with Gasteiger partial charge in [-0.25, -0.2) is 13.1 Å². The van der Waals surface area contributed by atoms with Crippen LogP contribution in [0, 0.1) is 0 Å². The molecule has 0 unspecified atom stereocenters. The molecule has 0 aliphatic carbocycles. The number of phenolic OH excluding ortho intramolecular Hbond substituents is 3. The summed E-state index contributed by atoms with van der Waals surface area (Å²) in [7, 11) is -3.97. The summed E-state index contributed by atoms with van der Waals surface area (Å²) in [4.78, 5) is -0.172. The lowest BCUT2D eigenvalue weighted by Crippen LogP contribution is -2.23. The molecule has 0 bridgehead atoms. The van der Waals surface area contributed by atoms with E-state index in [0.29, 0.717) is 5.56 Å². The van der Waals surface area contributed by atoms with Gasteiger partial charge in [-0.05, 0) is 29.3 Å². The first-order valence-electron chi connectivity index (χ1n) is 7.76. The number of hydrogen-bond acceptors (Lipinski definition) is 5. The molecule has 0 radical (unpaired) electrons. The smallest absolute Gasteiger partial charge is 0.241 e. The van der Waals surface area contributed by atoms with Gasteiger partial charge in [-0.3, -0.25) is 0 Å². The lowest BCUT2D eigenvalue weighted by molar-refractivity contribution is 0.402. The summed E-state index contributed by atoms with van der Waals surface area (Å²) < 4.78 is 28.0. The van der Waals surface area contributed by atoms with Crippen LogP contribution in [0.15, 0.2) is 71.6 Å². The molecule has 0 aromatic heterocycles. The van der Waals surface area contributed by atoms with E-state index in [4.69, 9.17) is 0 Å². The molecule has 0 atom stereocenters. The minimum Gasteiger partial charge on any atom is -0.508 e. The number of sulfonamides is 1. The van der Waals surface area contributed by atoms with Crippen molar-refractivity contribution in [2.75, 3.05) is 0 Å². The van der Waals surface area contributed by atoms with E-state index in [1.54, 1.807) is 24.3 Å². The molecule has 6 nitrogen and oxygen atoms in total. The van der Waals surface area contributed by atoms with E-state index in [1.807, 2.05) is 6.07 Å². The van der Waals surface area contributed by atoms with Crippen LogP contribution in [0.2, 0.25) is 0 Å². The van der Waals surface area contributed by atoms with Crippen molar-refractivity contribution < 1.29 is 23.7 Å². The van der Waals surface area contributed by atoms with Crippen molar-refractivity contribution in [1.82, 2.24) is 4.72 Å². The second kappa shape index (κ2) is 7.07. The molecule has 0 heterocycles. The molecular formula is C19H17NO5S. The Hall–Kier alpha value is -3.03. The van der Waals surface area contributed by atoms with Crippen LogP contribution in [-0.4, -0.2) is 23.7 Å². The summed E-state index contributed by atoms with van der Waals surface area (Å²) in [5.74, 6) is -0.939. The van der Waals surface area contributed by atoms with Crippen molar-refractivity contribution >= 4 is 10.0 Å². The van der Waals surface area contributed by atoms with Gasteiger partial charge < -0.3 is 15.3 Å². The Morgan fingerprint density at radius 3 is 2.08 bits per heavy atom. The van der Waals surface area contributed by atoms with E-state index in [-0.39, 0.29) is 22.8 Å². The fourth-order valence-corrected chi connectivity index (χ4v) is 3.74. The first-order chi connectivity index (χ1) is 12.4. The highest BCUT2D eigenvalue weighted by molar-refractivity contribution is 7.89. The Kier molecular flexibility index (Phi) is 4.83. The second-order valence-corrected chi connectivity index (χ2v) is 7.43. The Morgan fingerprint density at radius 1 is 0.808 bits per heavy atom. The fourth-order valence-electron chi connectivity index (χ4n) is 2.50. The topological polar surface area (TPSA) is 107 Å². The predicted octanol–water partition coefficient (Wildman–Crippen LogP) is 2.95. The minimum absolute atomic E-state index is 0.0309. The number of phenols is 3. The van der Waals surface area contributed by atoms with Crippen molar-refractivity contribution in [3.05, 3.63) is 72.3 Å². The van der Waals surface area contributed by atoms with Crippen LogP contribution in [0.1, 0.15) is 5.56 Å². The Morgan fingerprint density at radius 2 is 1.42 bits per heavy atom. The Balaban J connectivity index is 2.02. The lowest BCUT2D eigenvalue weighted by atomic mass is 10.0. The SMILES string of the molecule is O=S(=O)(NCc1ccccc1)c1cc(O)c(O)cc1-c1ccc(O)cc1. The Bertz CT molecular complexity index is 1020. The molecule has 0 amide bonds. The molecule has 3 rings (SSSR count). The summed E-state index contributed by atoms with van der Waals surface area (Å²) in [6.07, 6.45) is 0. The van der Waals surface area contributed by atoms with Crippen LogP contribution in [0.4, 0.5) is 0 Å². The van der Waals surface area contributed by atoms with E-state index in [9.17, 15) is 23.7 Å². The second-order valence-electron chi connectivity index (χ2n) is 5.69. The largest absolute Gasteiger partial charge is 0.508 e. The monoisotopic (exact) mass is 371 g/mol. The van der Waals surface area contributed by atoms with Crippen molar-refractivity contribution in [3.8, 4) is 28.4 Å². The normalized spacial score (nSPS) is 11.4. The lowest BCUT2D eigenvalue weighted by Gasteiger charge is -2.13. The quantitative estimate of drug-likeness (QED) is 0.516. The van der Waals surface area contributed by atoms with Crippen LogP contribution < -0.4 is 4.72 Å². The van der Waals surface area contributed by atoms with Gasteiger partial charge in [-0.15, -0.1) is 0 Å². The van der Waals surface area contributed by atoms with Gasteiger partial charge in [0, 0.05) is 18.2 Å². The molecule has 134 valence electrons. The first-order valence-corrected chi connectivity index (χ1v) is 9.24. The van der Waals surface area contributed by atoms with Gasteiger partial charge in [0.25, 0.3) is 0 Å². The van der Waals surface area contributed by atoms with Crippen LogP contribution in [-0.2, 0) is 16.6 Å². The van der Waals surface area contributed by atoms with E-state index in [0.717, 1.165) is 11.6 Å². The zero-order valence-electron chi connectivity index (χ0n) is 13.6. The molecule has 0 aliphatic heterocycles. The number of hydrogen-bond donors (Lipinski definition) is 4. The average Bonchev–Trinajstić information content (AvgIpc) is 2.63. The average molecular weight is 371 g/mol. The number of aromatic hydroxyl groups is 3. The highest BCUT2D eigenvalue weighted by Gasteiger charge is 2.22. The van der Waals surface area contributed by atoms with E-state index in [1.165, 1.54) is 30.3 Å². The first kappa shape index (κ1) is 17.8. The third-order valence-corrected chi connectivity index (χ3v) is 5.29. The van der Waals surface area contributed by atoms with Crippen LogP contribution in [0.5, 0.6) is 17.2 Å². The molecular weight excluding hydrogens is 354 g/mol. The summed E-state index contributed by atoms with van der Waals surface area (Å²) >= 11 is 0. The van der Waals surface area contributed by atoms with Gasteiger partial charge in [0.1, 0.15) is 5.75 Å². The zero-order chi connectivity index (χ0) is 18.7. The molecule has 0 saturated carbocycles. The summed E-state index contributed by atoms with van der Waals surface area (Å²) in [6, 6.07) is 17.1. The van der Waals surface area contributed by atoms with E-state index >= 15 is 0 Å². The standard InChI is InChI=1S/C19H17NO5S/c21-15-8-6-14(7-9-15)16-10-17(22)18(23)11-19(16)26(24,25)20-12-13-4-2-1-3-5-13/h1-11,20-23H,12H2. The van der Waals surface area contributed by atoms with Gasteiger partial charge in [0.2, 0.25) is 10.0 Å². The molecule has 4 N–H and O–H groups in total. The molecule has 0 fully saturated rings. The zero-order valence-corrected chi connectivity index (χ0v) is 14.4. The van der Waals surface area contributed by atoms with Crippen molar-refractivity contribution in [2.24, 2.45) is 0 Å². The predicted molar refractivity (Wildman–Crippen MR) is 97.3 cm³/mol. The third-order valence-electron chi connectivity index (χ3n) is 3.85. The molecule has 3 aromatic rings. The number of rotatable bonds is 5. The fraction of sp³-hybridized carbons (Fsp3) is 0.0526.